The van der Waals surface area contributed by atoms with E-state index in [2.05, 4.69) is 21.3 Å². The lowest BCUT2D eigenvalue weighted by Crippen LogP contribution is -2.71. The van der Waals surface area contributed by atoms with Crippen LogP contribution < -0.4 is 21.3 Å². The normalized spacial score (nSPS) is 42.9. The number of aliphatic carboxylic acids is 1. The second-order valence-electron chi connectivity index (χ2n) is 23.7. The zero-order valence-corrected chi connectivity index (χ0v) is 51.6. The Morgan fingerprint density at radius 3 is 1.55 bits per heavy atom. The van der Waals surface area contributed by atoms with Crippen LogP contribution in [0, 0.1) is 0 Å². The van der Waals surface area contributed by atoms with Crippen molar-refractivity contribution in [2.75, 3.05) is 46.2 Å². The van der Waals surface area contributed by atoms with Gasteiger partial charge in [0.05, 0.1) is 70.5 Å². The van der Waals surface area contributed by atoms with Gasteiger partial charge in [-0.05, 0) is 6.92 Å². The zero-order chi connectivity index (χ0) is 71.0. The minimum Gasteiger partial charge on any atom is -0.477 e. The predicted octanol–water partition coefficient (Wildman–Crippen LogP) is -15.8. The van der Waals surface area contributed by atoms with E-state index in [4.69, 9.17) is 56.8 Å². The second-order valence-corrected chi connectivity index (χ2v) is 23.7. The molecule has 0 unspecified atom stereocenters. The number of carbonyl (C=O) groups excluding carboxylic acids is 4. The number of rotatable bonds is 29. The van der Waals surface area contributed by atoms with Crippen molar-refractivity contribution in [3.05, 3.63) is 0 Å². The summed E-state index contributed by atoms with van der Waals surface area (Å²) in [6, 6.07) is -7.27. The molecule has 0 radical (unpaired) electrons. The lowest BCUT2D eigenvalue weighted by Gasteiger charge is -2.51. The summed E-state index contributed by atoms with van der Waals surface area (Å²) < 4.78 is 69.6. The molecule has 550 valence electrons. The van der Waals surface area contributed by atoms with E-state index in [0.29, 0.717) is 0 Å². The summed E-state index contributed by atoms with van der Waals surface area (Å²) >= 11 is 0. The molecule has 35 atom stereocenters. The number of nitrogens with one attached hydrogen (secondary N) is 4. The first-order chi connectivity index (χ1) is 44.6. The van der Waals surface area contributed by atoms with Crippen molar-refractivity contribution < 1.29 is 188 Å². The highest BCUT2D eigenvalue weighted by Gasteiger charge is 2.61. The number of hydrogen-bond donors (Lipinski definition) is 25. The third kappa shape index (κ3) is 18.5. The molecule has 6 fully saturated rings. The van der Waals surface area contributed by atoms with Gasteiger partial charge in [0.2, 0.25) is 23.6 Å². The minimum absolute atomic E-state index is 0.842. The number of hydrogen-bond acceptors (Lipinski definition) is 37. The van der Waals surface area contributed by atoms with Crippen molar-refractivity contribution >= 4 is 29.6 Å². The van der Waals surface area contributed by atoms with Gasteiger partial charge in [-0.15, -0.1) is 0 Å². The Bertz CT molecular complexity index is 2470. The molecule has 0 spiro atoms. The molecule has 95 heavy (non-hydrogen) atoms. The summed E-state index contributed by atoms with van der Waals surface area (Å²) in [5.41, 5.74) is 0. The largest absolute Gasteiger partial charge is 0.477 e. The molecular weight excluding hydrogens is 1300 g/mol. The fraction of sp³-hybridized carbons (Fsp3) is 0.906. The third-order valence-corrected chi connectivity index (χ3v) is 16.7. The van der Waals surface area contributed by atoms with Gasteiger partial charge in [-0.25, -0.2) is 4.79 Å². The summed E-state index contributed by atoms with van der Waals surface area (Å²) in [5.74, 6) is -8.94. The summed E-state index contributed by atoms with van der Waals surface area (Å²) in [7, 11) is 0. The number of carboxylic acid groups (broad SMARTS) is 1. The third-order valence-electron chi connectivity index (χ3n) is 16.7. The fourth-order valence-electron chi connectivity index (χ4n) is 11.7. The first-order valence-electron chi connectivity index (χ1n) is 30.0. The highest BCUT2D eigenvalue weighted by atomic mass is 16.8. The van der Waals surface area contributed by atoms with Crippen LogP contribution in [0.3, 0.4) is 0 Å². The van der Waals surface area contributed by atoms with E-state index in [1.165, 1.54) is 6.92 Å². The zero-order valence-electron chi connectivity index (χ0n) is 51.6. The Labute approximate surface area is 539 Å². The van der Waals surface area contributed by atoms with Gasteiger partial charge >= 0.3 is 5.97 Å². The van der Waals surface area contributed by atoms with Crippen LogP contribution in [0.4, 0.5) is 0 Å². The van der Waals surface area contributed by atoms with Crippen LogP contribution in [0.1, 0.15) is 41.0 Å². The van der Waals surface area contributed by atoms with Crippen LogP contribution in [0.25, 0.3) is 0 Å². The molecule has 25 N–H and O–H groups in total. The van der Waals surface area contributed by atoms with E-state index < -0.39 is 296 Å². The highest BCUT2D eigenvalue weighted by molar-refractivity contribution is 5.77. The molecule has 6 saturated heterocycles. The lowest BCUT2D eigenvalue weighted by atomic mass is 9.88. The van der Waals surface area contributed by atoms with Crippen molar-refractivity contribution in [3.63, 3.8) is 0 Å². The van der Waals surface area contributed by atoms with Crippen molar-refractivity contribution in [3.8, 4) is 0 Å². The van der Waals surface area contributed by atoms with Crippen LogP contribution in [0.15, 0.2) is 0 Å². The number of carboxylic acids is 1. The number of aliphatic hydroxyl groups is 20. The van der Waals surface area contributed by atoms with Crippen LogP contribution in [-0.4, -0.2) is 397 Å². The SMILES string of the molecule is CC(=O)N[C@H]1[C@H](OC[C@@H](O)[C@H](O)[C@H](O[C@@H]2O[C@H](CO)[C@@H](O)[C@H](O[C@@H]3O[C@H](CO)[C@H](O)[C@H](O)[C@H]3O[C@@H]3O[C@@H](C)[C@@H](O)[C@@H](O)[C@@H]3O)[C@H]2NC(C)=O)[C@H](CO)NC(C)=O)O[C@H](CO)[C@@H](O[C@@H]2O[C@H](CO)[C@H](O)[C@H](O[C@]3(C(=O)O)C[C@H](O)[C@@H](NC(C)=O)[C@H]([C@H](O)[C@H](O)CO)O3)[C@H]2O)[C@@H]1O. The molecule has 42 heteroatoms. The topological polar surface area (TPSA) is 669 Å². The Hall–Kier alpha value is -3.93. The number of amides is 4. The molecule has 6 aliphatic rings. The van der Waals surface area contributed by atoms with E-state index >= 15 is 0 Å². The Morgan fingerprint density at radius 2 is 1.00 bits per heavy atom. The van der Waals surface area contributed by atoms with Crippen LogP contribution in [0.2, 0.25) is 0 Å². The molecule has 6 aliphatic heterocycles. The quantitative estimate of drug-likeness (QED) is 0.0331. The van der Waals surface area contributed by atoms with E-state index in [9.17, 15) is 131 Å². The van der Waals surface area contributed by atoms with E-state index in [-0.39, 0.29) is 0 Å². The Morgan fingerprint density at radius 1 is 0.495 bits per heavy atom. The standard InChI is InChI=1S/C53H90N4O38/c1-14-30(71)37(78)39(80)49(85-14)93-46-38(79)33(74)23(9-60)88-51(46)92-43-29(57-18(5)67)48(86-24(10-61)34(43)75)90-41(19(7-58)54-15(2)64)32(73)22(70)13-84-47-28(56-17(4)66)36(77)42(26(12-63)89-47)91-50-40(81)45(35(76)25(11-62)87-50)95-53(52(82)83)6-20(68)27(55-16(3)65)44(94-53)31(72)21(69)8-59/h14,19-51,58-63,68-81H,6-13H2,1-5H3,(H,54,64)(H,55,65)(H,56,66)(H,57,67)(H,82,83)/t14-,19-,20-,21+,22+,23+,24+,25+,26+,27+,28+,29+,30+,31+,32-,33-,34+,35-,36+,37+,38-,39-,40+,41+,42+,43+,44+,45-,46+,47+,48-,49-,50-,51-,53-/m0/s1. The van der Waals surface area contributed by atoms with E-state index in [0.717, 1.165) is 27.7 Å². The van der Waals surface area contributed by atoms with Gasteiger partial charge in [0.25, 0.3) is 5.79 Å². The Kier molecular flexibility index (Phi) is 29.4. The molecule has 6 heterocycles. The Balaban J connectivity index is 1.25. The predicted molar refractivity (Wildman–Crippen MR) is 296 cm³/mol. The van der Waals surface area contributed by atoms with Crippen LogP contribution in [0.5, 0.6) is 0 Å². The molecule has 42 nitrogen and oxygen atoms in total. The van der Waals surface area contributed by atoms with E-state index in [1.807, 2.05) is 0 Å². The monoisotopic (exact) mass is 1390 g/mol. The summed E-state index contributed by atoms with van der Waals surface area (Å²) in [6.07, 6.45) is -62.5. The smallest absolute Gasteiger partial charge is 0.364 e. The first kappa shape index (κ1) is 80.0. The van der Waals surface area contributed by atoms with Gasteiger partial charge in [0, 0.05) is 34.1 Å². The van der Waals surface area contributed by atoms with Gasteiger partial charge in [-0.2, -0.15) is 0 Å². The minimum atomic E-state index is -3.23. The average molecular weight is 1390 g/mol. The van der Waals surface area contributed by atoms with Gasteiger partial charge < -0.3 is 185 Å². The van der Waals surface area contributed by atoms with Crippen molar-refractivity contribution in [2.24, 2.45) is 0 Å². The molecule has 0 aromatic carbocycles. The summed E-state index contributed by atoms with van der Waals surface area (Å²) in [4.78, 5) is 63.5. The molecular formula is C53H90N4O38. The van der Waals surface area contributed by atoms with Crippen molar-refractivity contribution in [1.29, 1.82) is 0 Å². The molecule has 0 saturated carbocycles. The van der Waals surface area contributed by atoms with Crippen molar-refractivity contribution in [1.82, 2.24) is 21.3 Å². The molecule has 0 aromatic rings. The maximum Gasteiger partial charge on any atom is 0.364 e. The van der Waals surface area contributed by atoms with Gasteiger partial charge in [0.1, 0.15) is 152 Å². The fourth-order valence-corrected chi connectivity index (χ4v) is 11.7. The maximum absolute atomic E-state index is 13.1. The molecule has 0 bridgehead atoms. The van der Waals surface area contributed by atoms with Crippen LogP contribution in [-0.2, 0) is 80.8 Å². The number of ether oxygens (including phenoxy) is 12. The van der Waals surface area contributed by atoms with Crippen molar-refractivity contribution in [2.45, 2.75) is 255 Å². The lowest BCUT2D eigenvalue weighted by molar-refractivity contribution is -0.383. The number of aliphatic hydroxyl groups excluding tert-OH is 20. The number of carbonyl (C=O) groups is 5. The summed E-state index contributed by atoms with van der Waals surface area (Å²) in [5, 5.41) is 238. The second kappa shape index (κ2) is 34.9. The molecule has 0 aliphatic carbocycles. The maximum atomic E-state index is 13.1. The molecule has 6 rings (SSSR count). The molecule has 0 aromatic heterocycles. The van der Waals surface area contributed by atoms with Gasteiger partial charge in [-0.3, -0.25) is 19.2 Å². The van der Waals surface area contributed by atoms with Crippen LogP contribution >= 0.6 is 0 Å². The van der Waals surface area contributed by atoms with E-state index in [1.54, 1.807) is 0 Å². The van der Waals surface area contributed by atoms with Gasteiger partial charge in [0.15, 0.2) is 31.5 Å². The van der Waals surface area contributed by atoms with Gasteiger partial charge in [-0.1, -0.05) is 0 Å². The highest BCUT2D eigenvalue weighted by Crippen LogP contribution is 2.40. The average Bonchev–Trinajstić information content (AvgIpc) is 0.764. The first-order valence-corrected chi connectivity index (χ1v) is 30.0. The molecule has 4 amide bonds. The summed E-state index contributed by atoms with van der Waals surface area (Å²) in [6.45, 7) is -2.78.